The Hall–Kier alpha value is -1.59. The Morgan fingerprint density at radius 1 is 1.17 bits per heavy atom. The summed E-state index contributed by atoms with van der Waals surface area (Å²) in [7, 11) is 1.59. The monoisotopic (exact) mass is 352 g/mol. The molecule has 1 saturated carbocycles. The average Bonchev–Trinajstić information content (AvgIpc) is 3.15. The first kappa shape index (κ1) is 18.7. The fraction of sp³-hybridized carbons (Fsp3) is 0.556. The predicted octanol–water partition coefficient (Wildman–Crippen LogP) is 2.28. The van der Waals surface area contributed by atoms with Crippen molar-refractivity contribution >= 4 is 24.1 Å². The molecule has 2 fully saturated rings. The van der Waals surface area contributed by atoms with Crippen LogP contribution in [0.25, 0.3) is 0 Å². The molecule has 5 nitrogen and oxygen atoms in total. The molecule has 1 heterocycles. The summed E-state index contributed by atoms with van der Waals surface area (Å²) in [5.74, 6) is 1.81. The molecule has 3 rings (SSSR count). The van der Waals surface area contributed by atoms with E-state index in [1.807, 2.05) is 4.90 Å². The normalized spacial score (nSPS) is 25.1. The van der Waals surface area contributed by atoms with E-state index in [2.05, 4.69) is 0 Å². The van der Waals surface area contributed by atoms with E-state index in [9.17, 15) is 9.59 Å². The molecule has 1 amide bonds. The van der Waals surface area contributed by atoms with Crippen molar-refractivity contribution in [3.05, 3.63) is 29.8 Å². The first-order chi connectivity index (χ1) is 11.1. The number of rotatable bonds is 5. The number of nitrogens with zero attached hydrogens (tertiary/aromatic N) is 1. The van der Waals surface area contributed by atoms with Crippen molar-refractivity contribution in [3.63, 3.8) is 0 Å². The van der Waals surface area contributed by atoms with Gasteiger partial charge in [-0.2, -0.15) is 0 Å². The second kappa shape index (κ2) is 7.99. The first-order valence-corrected chi connectivity index (χ1v) is 8.29. The highest BCUT2D eigenvalue weighted by atomic mass is 35.5. The Bertz CT molecular complexity index is 590. The summed E-state index contributed by atoms with van der Waals surface area (Å²) in [6, 6.07) is 7.24. The largest absolute Gasteiger partial charge is 0.497 e. The molecule has 0 bridgehead atoms. The van der Waals surface area contributed by atoms with Gasteiger partial charge in [-0.15, -0.1) is 12.4 Å². The van der Waals surface area contributed by atoms with Gasteiger partial charge in [-0.25, -0.2) is 0 Å². The smallest absolute Gasteiger partial charge is 0.223 e. The molecule has 3 atom stereocenters. The summed E-state index contributed by atoms with van der Waals surface area (Å²) in [6.45, 7) is 1.58. The van der Waals surface area contributed by atoms with E-state index in [0.29, 0.717) is 17.4 Å². The van der Waals surface area contributed by atoms with Crippen molar-refractivity contribution in [1.29, 1.82) is 0 Å². The van der Waals surface area contributed by atoms with Crippen LogP contribution in [0.2, 0.25) is 0 Å². The van der Waals surface area contributed by atoms with Gasteiger partial charge < -0.3 is 15.4 Å². The summed E-state index contributed by atoms with van der Waals surface area (Å²) in [5, 5.41) is 0. The summed E-state index contributed by atoms with van der Waals surface area (Å²) in [4.78, 5) is 26.4. The first-order valence-electron chi connectivity index (χ1n) is 8.29. The lowest BCUT2D eigenvalue weighted by Crippen LogP contribution is -2.33. The van der Waals surface area contributed by atoms with Crippen molar-refractivity contribution in [3.8, 4) is 5.75 Å². The third-order valence-electron chi connectivity index (χ3n) is 5.24. The Morgan fingerprint density at radius 2 is 1.88 bits per heavy atom. The Balaban J connectivity index is 0.00000208. The lowest BCUT2D eigenvalue weighted by Gasteiger charge is -2.18. The van der Waals surface area contributed by atoms with E-state index in [0.717, 1.165) is 31.7 Å². The molecule has 0 spiro atoms. The molecular weight excluding hydrogens is 328 g/mol. The lowest BCUT2D eigenvalue weighted by molar-refractivity contribution is -0.130. The number of benzene rings is 1. The molecule has 0 aromatic heterocycles. The van der Waals surface area contributed by atoms with Gasteiger partial charge >= 0.3 is 0 Å². The number of halogens is 1. The second-order valence-corrected chi connectivity index (χ2v) is 6.62. The van der Waals surface area contributed by atoms with Crippen LogP contribution in [0.5, 0.6) is 5.75 Å². The lowest BCUT2D eigenvalue weighted by atomic mass is 9.98. The van der Waals surface area contributed by atoms with Crippen LogP contribution in [-0.2, 0) is 4.79 Å². The van der Waals surface area contributed by atoms with Gasteiger partial charge in [0.05, 0.1) is 7.11 Å². The SMILES string of the molecule is COc1ccc(C(=O)CCC(=O)N2CC3CCC(N)C3C2)cc1.Cl. The summed E-state index contributed by atoms with van der Waals surface area (Å²) in [5.41, 5.74) is 6.73. The van der Waals surface area contributed by atoms with E-state index in [-0.39, 0.29) is 43.0 Å². The van der Waals surface area contributed by atoms with Gasteiger partial charge in [0, 0.05) is 37.5 Å². The van der Waals surface area contributed by atoms with E-state index >= 15 is 0 Å². The van der Waals surface area contributed by atoms with Crippen LogP contribution in [0.1, 0.15) is 36.0 Å². The molecule has 1 saturated heterocycles. The molecule has 0 radical (unpaired) electrons. The van der Waals surface area contributed by atoms with Crippen molar-refractivity contribution in [1.82, 2.24) is 4.90 Å². The number of carbonyl (C=O) groups is 2. The molecule has 2 aliphatic rings. The number of fused-ring (bicyclic) bond motifs is 1. The van der Waals surface area contributed by atoms with Gasteiger partial charge in [-0.1, -0.05) is 0 Å². The molecule has 3 unspecified atom stereocenters. The van der Waals surface area contributed by atoms with Gasteiger partial charge in [-0.3, -0.25) is 9.59 Å². The number of ether oxygens (including phenoxy) is 1. The molecule has 1 aliphatic heterocycles. The standard InChI is InChI=1S/C18H24N2O3.ClH/c1-23-14-5-2-12(3-6-14)17(21)8-9-18(22)20-10-13-4-7-16(19)15(13)11-20;/h2-3,5-6,13,15-16H,4,7-11,19H2,1H3;1H. The summed E-state index contributed by atoms with van der Waals surface area (Å²) >= 11 is 0. The summed E-state index contributed by atoms with van der Waals surface area (Å²) in [6.07, 6.45) is 2.73. The highest BCUT2D eigenvalue weighted by Gasteiger charge is 2.42. The van der Waals surface area contributed by atoms with E-state index in [4.69, 9.17) is 10.5 Å². The van der Waals surface area contributed by atoms with E-state index in [1.54, 1.807) is 31.4 Å². The fourth-order valence-electron chi connectivity index (χ4n) is 3.81. The fourth-order valence-corrected chi connectivity index (χ4v) is 3.81. The van der Waals surface area contributed by atoms with Crippen molar-refractivity contribution < 1.29 is 14.3 Å². The van der Waals surface area contributed by atoms with E-state index < -0.39 is 0 Å². The van der Waals surface area contributed by atoms with Crippen LogP contribution >= 0.6 is 12.4 Å². The van der Waals surface area contributed by atoms with Crippen molar-refractivity contribution in [2.45, 2.75) is 31.7 Å². The van der Waals surface area contributed by atoms with Gasteiger partial charge in [0.25, 0.3) is 0 Å². The number of carbonyl (C=O) groups excluding carboxylic acids is 2. The number of ketones is 1. The zero-order valence-electron chi connectivity index (χ0n) is 13.9. The third kappa shape index (κ3) is 3.90. The number of hydrogen-bond acceptors (Lipinski definition) is 4. The molecular formula is C18H25ClN2O3. The zero-order valence-corrected chi connectivity index (χ0v) is 14.8. The van der Waals surface area contributed by atoms with Crippen LogP contribution in [0.3, 0.4) is 0 Å². The van der Waals surface area contributed by atoms with Crippen molar-refractivity contribution in [2.24, 2.45) is 17.6 Å². The van der Waals surface area contributed by atoms with Gasteiger partial charge in [0.15, 0.2) is 5.78 Å². The van der Waals surface area contributed by atoms with Crippen LogP contribution < -0.4 is 10.5 Å². The second-order valence-electron chi connectivity index (χ2n) is 6.62. The Labute approximate surface area is 148 Å². The van der Waals surface area contributed by atoms with Gasteiger partial charge in [0.1, 0.15) is 5.75 Å². The van der Waals surface area contributed by atoms with Gasteiger partial charge in [0.2, 0.25) is 5.91 Å². The number of methoxy groups -OCH3 is 1. The highest BCUT2D eigenvalue weighted by Crippen LogP contribution is 2.37. The zero-order chi connectivity index (χ0) is 16.4. The third-order valence-corrected chi connectivity index (χ3v) is 5.24. The Morgan fingerprint density at radius 3 is 2.50 bits per heavy atom. The van der Waals surface area contributed by atoms with Crippen LogP contribution in [0.4, 0.5) is 0 Å². The highest BCUT2D eigenvalue weighted by molar-refractivity contribution is 5.98. The maximum atomic E-state index is 12.3. The molecule has 1 aliphatic carbocycles. The maximum absolute atomic E-state index is 12.3. The maximum Gasteiger partial charge on any atom is 0.223 e. The number of likely N-dealkylation sites (tertiary alicyclic amines) is 1. The average molecular weight is 353 g/mol. The number of amides is 1. The number of Topliss-reactive ketones (excluding diaryl/α,β-unsaturated/α-hetero) is 1. The minimum Gasteiger partial charge on any atom is -0.497 e. The molecule has 132 valence electrons. The molecule has 2 N–H and O–H groups in total. The molecule has 24 heavy (non-hydrogen) atoms. The molecule has 1 aromatic carbocycles. The summed E-state index contributed by atoms with van der Waals surface area (Å²) < 4.78 is 5.08. The topological polar surface area (TPSA) is 72.6 Å². The quantitative estimate of drug-likeness (QED) is 0.825. The van der Waals surface area contributed by atoms with Crippen molar-refractivity contribution in [2.75, 3.05) is 20.2 Å². The van der Waals surface area contributed by atoms with Crippen LogP contribution in [0.15, 0.2) is 24.3 Å². The van der Waals surface area contributed by atoms with Crippen LogP contribution in [0, 0.1) is 11.8 Å². The van der Waals surface area contributed by atoms with E-state index in [1.165, 1.54) is 0 Å². The Kier molecular flexibility index (Phi) is 6.24. The minimum absolute atomic E-state index is 0. The number of hydrogen-bond donors (Lipinski definition) is 1. The van der Waals surface area contributed by atoms with Gasteiger partial charge in [-0.05, 0) is 48.9 Å². The molecule has 1 aromatic rings. The predicted molar refractivity (Wildman–Crippen MR) is 94.6 cm³/mol. The number of nitrogens with two attached hydrogens (primary N) is 1. The molecule has 6 heteroatoms. The minimum atomic E-state index is -0.00269. The van der Waals surface area contributed by atoms with Crippen LogP contribution in [-0.4, -0.2) is 42.8 Å².